The van der Waals surface area contributed by atoms with Crippen LogP contribution in [0.25, 0.3) is 0 Å². The zero-order chi connectivity index (χ0) is 30.5. The number of halogens is 1. The van der Waals surface area contributed by atoms with Crippen molar-refractivity contribution in [3.63, 3.8) is 0 Å². The molecule has 2 unspecified atom stereocenters. The molecule has 3 aliphatic rings. The van der Waals surface area contributed by atoms with Gasteiger partial charge in [0.05, 0.1) is 23.1 Å². The third-order valence-electron chi connectivity index (χ3n) is 9.22. The van der Waals surface area contributed by atoms with E-state index in [0.29, 0.717) is 44.6 Å². The summed E-state index contributed by atoms with van der Waals surface area (Å²) in [6, 6.07) is 4.56. The molecule has 1 aliphatic carbocycles. The predicted molar refractivity (Wildman–Crippen MR) is 159 cm³/mol. The maximum absolute atomic E-state index is 14.1. The minimum atomic E-state index is -0.922. The van der Waals surface area contributed by atoms with Gasteiger partial charge in [-0.05, 0) is 77.1 Å². The summed E-state index contributed by atoms with van der Waals surface area (Å²) < 4.78 is 13.9. The molecule has 1 aromatic carbocycles. The van der Waals surface area contributed by atoms with Gasteiger partial charge < -0.3 is 25.8 Å². The molecule has 0 bridgehead atoms. The van der Waals surface area contributed by atoms with Crippen molar-refractivity contribution in [3.8, 4) is 6.07 Å². The van der Waals surface area contributed by atoms with Gasteiger partial charge in [0.1, 0.15) is 11.9 Å². The molecule has 230 valence electrons. The lowest BCUT2D eigenvalue weighted by molar-refractivity contribution is -0.147. The standard InChI is InChI=1S/C32H47FN6O3/c1-31(2,3)37-30(42)32(24-8-6-5-7-9-24)12-15-39(16-13-32)29(41)26(19-22-10-11-25(33)18-23(22)20-34)36-28(40)27-21-38(4)17-14-35-27/h10-11,18,24,26-27,35H,5-9,12-17,19,21H2,1-4H3,(H,36,40)(H,37,42). The highest BCUT2D eigenvalue weighted by Crippen LogP contribution is 2.46. The van der Waals surface area contributed by atoms with Gasteiger partial charge in [0.2, 0.25) is 17.7 Å². The zero-order valence-electron chi connectivity index (χ0n) is 25.6. The van der Waals surface area contributed by atoms with E-state index in [1.54, 1.807) is 4.90 Å². The van der Waals surface area contributed by atoms with E-state index in [4.69, 9.17) is 0 Å². The van der Waals surface area contributed by atoms with Crippen LogP contribution in [0.5, 0.6) is 0 Å². The number of likely N-dealkylation sites (tertiary alicyclic amines) is 1. The van der Waals surface area contributed by atoms with Crippen LogP contribution < -0.4 is 16.0 Å². The number of likely N-dealkylation sites (N-methyl/N-ethyl adjacent to an activating group) is 1. The molecule has 2 saturated heterocycles. The summed E-state index contributed by atoms with van der Waals surface area (Å²) in [5.74, 6) is -0.683. The van der Waals surface area contributed by atoms with E-state index in [0.717, 1.165) is 38.3 Å². The zero-order valence-corrected chi connectivity index (χ0v) is 25.6. The molecule has 1 saturated carbocycles. The highest BCUT2D eigenvalue weighted by molar-refractivity contribution is 5.91. The molecule has 0 radical (unpaired) electrons. The Morgan fingerprint density at radius 3 is 2.45 bits per heavy atom. The Morgan fingerprint density at radius 2 is 1.83 bits per heavy atom. The minimum absolute atomic E-state index is 0.0745. The topological polar surface area (TPSA) is 118 Å². The van der Waals surface area contributed by atoms with E-state index >= 15 is 0 Å². The van der Waals surface area contributed by atoms with Crippen LogP contribution in [0.1, 0.15) is 76.8 Å². The third-order valence-corrected chi connectivity index (χ3v) is 9.22. The molecule has 0 spiro atoms. The largest absolute Gasteiger partial charge is 0.351 e. The Balaban J connectivity index is 1.54. The van der Waals surface area contributed by atoms with Crippen molar-refractivity contribution in [1.82, 2.24) is 25.8 Å². The van der Waals surface area contributed by atoms with Gasteiger partial charge in [-0.1, -0.05) is 25.3 Å². The van der Waals surface area contributed by atoms with Gasteiger partial charge in [-0.2, -0.15) is 5.26 Å². The van der Waals surface area contributed by atoms with Crippen LogP contribution in [0.4, 0.5) is 4.39 Å². The van der Waals surface area contributed by atoms with E-state index in [-0.39, 0.29) is 41.2 Å². The smallest absolute Gasteiger partial charge is 0.245 e. The molecule has 10 heteroatoms. The predicted octanol–water partition coefficient (Wildman–Crippen LogP) is 2.73. The number of nitrogens with one attached hydrogen (secondary N) is 3. The molecule has 9 nitrogen and oxygen atoms in total. The average Bonchev–Trinajstić information content (AvgIpc) is 2.96. The fourth-order valence-corrected chi connectivity index (χ4v) is 6.88. The van der Waals surface area contributed by atoms with Crippen LogP contribution in [0.3, 0.4) is 0 Å². The van der Waals surface area contributed by atoms with Gasteiger partial charge in [0, 0.05) is 44.7 Å². The molecule has 3 N–H and O–H groups in total. The van der Waals surface area contributed by atoms with Crippen molar-refractivity contribution in [2.45, 2.75) is 89.8 Å². The number of carbonyl (C=O) groups excluding carboxylic acids is 3. The second kappa shape index (κ2) is 13.5. The highest BCUT2D eigenvalue weighted by atomic mass is 19.1. The Bertz CT molecular complexity index is 1180. The normalized spacial score (nSPS) is 22.6. The van der Waals surface area contributed by atoms with Gasteiger partial charge in [0.15, 0.2) is 0 Å². The number of hydrogen-bond acceptors (Lipinski definition) is 6. The number of carbonyl (C=O) groups is 3. The van der Waals surface area contributed by atoms with Crippen molar-refractivity contribution in [3.05, 3.63) is 35.1 Å². The van der Waals surface area contributed by atoms with Gasteiger partial charge in [0.25, 0.3) is 0 Å². The quantitative estimate of drug-likeness (QED) is 0.455. The van der Waals surface area contributed by atoms with Crippen LogP contribution in [0, 0.1) is 28.5 Å². The van der Waals surface area contributed by atoms with Crippen molar-refractivity contribution in [2.75, 3.05) is 39.8 Å². The molecule has 42 heavy (non-hydrogen) atoms. The maximum atomic E-state index is 14.1. The van der Waals surface area contributed by atoms with Gasteiger partial charge >= 0.3 is 0 Å². The van der Waals surface area contributed by atoms with E-state index in [1.807, 2.05) is 33.9 Å². The van der Waals surface area contributed by atoms with Crippen molar-refractivity contribution in [1.29, 1.82) is 5.26 Å². The van der Waals surface area contributed by atoms with Crippen molar-refractivity contribution >= 4 is 17.7 Å². The van der Waals surface area contributed by atoms with Crippen LogP contribution >= 0.6 is 0 Å². The molecule has 2 aliphatic heterocycles. The summed E-state index contributed by atoms with van der Waals surface area (Å²) in [5, 5.41) is 19.0. The fourth-order valence-electron chi connectivity index (χ4n) is 6.88. The number of amides is 3. The number of nitriles is 1. The van der Waals surface area contributed by atoms with Crippen LogP contribution in [-0.4, -0.2) is 84.9 Å². The Hall–Kier alpha value is -3.03. The van der Waals surface area contributed by atoms with Gasteiger partial charge in [-0.3, -0.25) is 14.4 Å². The third kappa shape index (κ3) is 7.67. The first-order chi connectivity index (χ1) is 19.9. The Labute approximate surface area is 249 Å². The van der Waals surface area contributed by atoms with E-state index in [1.165, 1.54) is 18.6 Å². The number of piperazine rings is 1. The Morgan fingerprint density at radius 1 is 1.14 bits per heavy atom. The summed E-state index contributed by atoms with van der Waals surface area (Å²) in [4.78, 5) is 45.0. The molecule has 4 rings (SSSR count). The number of benzene rings is 1. The fraction of sp³-hybridized carbons (Fsp3) is 0.688. The number of hydrogen-bond donors (Lipinski definition) is 3. The lowest BCUT2D eigenvalue weighted by Crippen LogP contribution is -2.61. The number of piperidine rings is 1. The van der Waals surface area contributed by atoms with Crippen molar-refractivity contribution in [2.24, 2.45) is 11.3 Å². The number of rotatable bonds is 7. The SMILES string of the molecule is CN1CCNC(C(=O)NC(Cc2ccc(F)cc2C#N)C(=O)N2CCC(C(=O)NC(C)(C)C)(C3CCCCC3)CC2)C1. The first-order valence-electron chi connectivity index (χ1n) is 15.4. The van der Waals surface area contributed by atoms with Gasteiger partial charge in [-0.25, -0.2) is 4.39 Å². The summed E-state index contributed by atoms with van der Waals surface area (Å²) >= 11 is 0. The Kier molecular flexibility index (Phi) is 10.3. The molecular weight excluding hydrogens is 535 g/mol. The molecule has 2 atom stereocenters. The monoisotopic (exact) mass is 582 g/mol. The van der Waals surface area contributed by atoms with E-state index < -0.39 is 23.3 Å². The second-order valence-electron chi connectivity index (χ2n) is 13.5. The van der Waals surface area contributed by atoms with Crippen LogP contribution in [-0.2, 0) is 20.8 Å². The molecule has 3 fully saturated rings. The summed E-state index contributed by atoms with van der Waals surface area (Å²) in [6.45, 7) is 8.82. The molecule has 2 heterocycles. The highest BCUT2D eigenvalue weighted by Gasteiger charge is 2.49. The summed E-state index contributed by atoms with van der Waals surface area (Å²) in [7, 11) is 1.95. The number of nitrogens with zero attached hydrogens (tertiary/aromatic N) is 3. The molecular formula is C32H47FN6O3. The molecule has 3 amide bonds. The summed E-state index contributed by atoms with van der Waals surface area (Å²) in [6.07, 6.45) is 6.69. The van der Waals surface area contributed by atoms with E-state index in [2.05, 4.69) is 20.9 Å². The lowest BCUT2D eigenvalue weighted by Gasteiger charge is -2.48. The molecule has 1 aromatic rings. The first kappa shape index (κ1) is 31.9. The van der Waals surface area contributed by atoms with Crippen LogP contribution in [0.15, 0.2) is 18.2 Å². The first-order valence-corrected chi connectivity index (χ1v) is 15.4. The second-order valence-corrected chi connectivity index (χ2v) is 13.5. The maximum Gasteiger partial charge on any atom is 0.245 e. The van der Waals surface area contributed by atoms with Crippen molar-refractivity contribution < 1.29 is 18.8 Å². The van der Waals surface area contributed by atoms with E-state index in [9.17, 15) is 24.0 Å². The molecule has 0 aromatic heterocycles. The lowest BCUT2D eigenvalue weighted by atomic mass is 9.63. The average molecular weight is 583 g/mol. The van der Waals surface area contributed by atoms with Gasteiger partial charge in [-0.15, -0.1) is 0 Å². The van der Waals surface area contributed by atoms with Crippen LogP contribution in [0.2, 0.25) is 0 Å². The summed E-state index contributed by atoms with van der Waals surface area (Å²) in [5.41, 5.74) is -0.225. The minimum Gasteiger partial charge on any atom is -0.351 e.